The number of ether oxygens (including phenoxy) is 1. The van der Waals surface area contributed by atoms with Crippen LogP contribution in [0.15, 0.2) is 18.2 Å². The van der Waals surface area contributed by atoms with Gasteiger partial charge in [-0.15, -0.1) is 0 Å². The topological polar surface area (TPSA) is 21.3 Å². The van der Waals surface area contributed by atoms with Crippen molar-refractivity contribution in [2.75, 3.05) is 13.1 Å². The Bertz CT molecular complexity index is 400. The molecule has 1 aliphatic heterocycles. The van der Waals surface area contributed by atoms with Crippen molar-refractivity contribution < 1.29 is 13.5 Å². The van der Waals surface area contributed by atoms with Gasteiger partial charge in [-0.25, -0.2) is 8.78 Å². The molecule has 1 saturated heterocycles. The second-order valence-electron chi connectivity index (χ2n) is 4.79. The van der Waals surface area contributed by atoms with Gasteiger partial charge in [-0.3, -0.25) is 0 Å². The molecule has 2 nitrogen and oxygen atoms in total. The zero-order valence-corrected chi connectivity index (χ0v) is 9.46. The molecule has 2 unspecified atom stereocenters. The molecule has 1 saturated carbocycles. The average Bonchev–Trinajstić information content (AvgIpc) is 3.13. The third-order valence-corrected chi connectivity index (χ3v) is 3.48. The van der Waals surface area contributed by atoms with Crippen LogP contribution >= 0.6 is 0 Å². The lowest BCUT2D eigenvalue weighted by atomic mass is 10.0. The Hall–Kier alpha value is -1.00. The standard InChI is InChI=1S/C13H15F2NO/c14-9-2-1-3-10(15)13(9)12-7-16-6-11(17-12)8-4-5-8/h1-3,8,11-12,16H,4-7H2. The second-order valence-corrected chi connectivity index (χ2v) is 4.79. The van der Waals surface area contributed by atoms with Gasteiger partial charge in [0, 0.05) is 13.1 Å². The first-order chi connectivity index (χ1) is 8.25. The van der Waals surface area contributed by atoms with Crippen molar-refractivity contribution in [3.05, 3.63) is 35.4 Å². The largest absolute Gasteiger partial charge is 0.367 e. The fourth-order valence-electron chi connectivity index (χ4n) is 2.40. The van der Waals surface area contributed by atoms with Gasteiger partial charge in [-0.05, 0) is 30.9 Å². The predicted octanol–water partition coefficient (Wildman–Crippen LogP) is 2.40. The number of benzene rings is 1. The number of halogens is 2. The second kappa shape index (κ2) is 4.35. The summed E-state index contributed by atoms with van der Waals surface area (Å²) in [7, 11) is 0. The van der Waals surface area contributed by atoms with E-state index in [4.69, 9.17) is 4.74 Å². The number of hydrogen-bond donors (Lipinski definition) is 1. The van der Waals surface area contributed by atoms with Crippen LogP contribution in [0.25, 0.3) is 0 Å². The highest BCUT2D eigenvalue weighted by atomic mass is 19.1. The zero-order valence-electron chi connectivity index (χ0n) is 9.46. The van der Waals surface area contributed by atoms with E-state index in [1.54, 1.807) is 0 Å². The van der Waals surface area contributed by atoms with Gasteiger partial charge in [-0.2, -0.15) is 0 Å². The molecular weight excluding hydrogens is 224 g/mol. The van der Waals surface area contributed by atoms with E-state index >= 15 is 0 Å². The van der Waals surface area contributed by atoms with Crippen molar-refractivity contribution in [1.29, 1.82) is 0 Å². The fourth-order valence-corrected chi connectivity index (χ4v) is 2.40. The normalized spacial score (nSPS) is 29.3. The molecular formula is C13H15F2NO. The number of hydrogen-bond acceptors (Lipinski definition) is 2. The molecule has 0 amide bonds. The van der Waals surface area contributed by atoms with E-state index in [-0.39, 0.29) is 11.7 Å². The maximum Gasteiger partial charge on any atom is 0.132 e. The van der Waals surface area contributed by atoms with Crippen LogP contribution in [0.2, 0.25) is 0 Å². The molecule has 2 atom stereocenters. The summed E-state index contributed by atoms with van der Waals surface area (Å²) in [6.45, 7) is 1.26. The molecule has 0 spiro atoms. The molecule has 3 rings (SSSR count). The lowest BCUT2D eigenvalue weighted by Gasteiger charge is -2.31. The van der Waals surface area contributed by atoms with Crippen LogP contribution in [0.1, 0.15) is 24.5 Å². The summed E-state index contributed by atoms with van der Waals surface area (Å²) in [5.74, 6) is -0.471. The van der Waals surface area contributed by atoms with E-state index in [2.05, 4.69) is 5.32 Å². The molecule has 0 bridgehead atoms. The Morgan fingerprint density at radius 3 is 2.47 bits per heavy atom. The average molecular weight is 239 g/mol. The van der Waals surface area contributed by atoms with Crippen molar-refractivity contribution in [1.82, 2.24) is 5.32 Å². The Kier molecular flexibility index (Phi) is 2.84. The van der Waals surface area contributed by atoms with E-state index < -0.39 is 17.7 Å². The van der Waals surface area contributed by atoms with E-state index in [9.17, 15) is 8.78 Å². The molecule has 2 fully saturated rings. The summed E-state index contributed by atoms with van der Waals surface area (Å²) in [6, 6.07) is 3.94. The summed E-state index contributed by atoms with van der Waals surface area (Å²) >= 11 is 0. The van der Waals surface area contributed by atoms with Gasteiger partial charge in [0.2, 0.25) is 0 Å². The molecule has 4 heteroatoms. The summed E-state index contributed by atoms with van der Waals surface area (Å²) in [4.78, 5) is 0. The van der Waals surface area contributed by atoms with Gasteiger partial charge in [0.15, 0.2) is 0 Å². The number of morpholine rings is 1. The predicted molar refractivity (Wildman–Crippen MR) is 59.6 cm³/mol. The van der Waals surface area contributed by atoms with Gasteiger partial charge in [0.1, 0.15) is 17.7 Å². The fraction of sp³-hybridized carbons (Fsp3) is 0.538. The van der Waals surface area contributed by atoms with Crippen molar-refractivity contribution in [2.24, 2.45) is 5.92 Å². The highest BCUT2D eigenvalue weighted by Gasteiger charge is 2.37. The molecule has 1 aromatic carbocycles. The molecule has 17 heavy (non-hydrogen) atoms. The van der Waals surface area contributed by atoms with Crippen LogP contribution in [-0.4, -0.2) is 19.2 Å². The SMILES string of the molecule is Fc1cccc(F)c1C1CNCC(C2CC2)O1. The van der Waals surface area contributed by atoms with Crippen molar-refractivity contribution >= 4 is 0 Å². The maximum absolute atomic E-state index is 13.6. The summed E-state index contributed by atoms with van der Waals surface area (Å²) in [6.07, 6.45) is 1.93. The molecule has 1 aliphatic carbocycles. The van der Waals surface area contributed by atoms with Crippen LogP contribution in [-0.2, 0) is 4.74 Å². The first-order valence-corrected chi connectivity index (χ1v) is 6.06. The third kappa shape index (κ3) is 2.19. The van der Waals surface area contributed by atoms with E-state index in [0.717, 1.165) is 6.54 Å². The summed E-state index contributed by atoms with van der Waals surface area (Å²) in [5, 5.41) is 3.20. The Morgan fingerprint density at radius 2 is 1.82 bits per heavy atom. The van der Waals surface area contributed by atoms with Crippen molar-refractivity contribution in [3.8, 4) is 0 Å². The zero-order chi connectivity index (χ0) is 11.8. The summed E-state index contributed by atoms with van der Waals surface area (Å²) in [5.41, 5.74) is 0.0605. The smallest absolute Gasteiger partial charge is 0.132 e. The van der Waals surface area contributed by atoms with Crippen LogP contribution in [0.4, 0.5) is 8.78 Å². The minimum atomic E-state index is -0.520. The minimum absolute atomic E-state index is 0.0605. The number of nitrogens with one attached hydrogen (secondary N) is 1. The first-order valence-electron chi connectivity index (χ1n) is 6.06. The third-order valence-electron chi connectivity index (χ3n) is 3.48. The molecule has 1 N–H and O–H groups in total. The lowest BCUT2D eigenvalue weighted by Crippen LogP contribution is -2.42. The van der Waals surface area contributed by atoms with Gasteiger partial charge in [0.05, 0.1) is 11.7 Å². The van der Waals surface area contributed by atoms with E-state index in [0.29, 0.717) is 12.5 Å². The Labute approximate surface area is 99.0 Å². The van der Waals surface area contributed by atoms with Gasteiger partial charge >= 0.3 is 0 Å². The molecule has 1 aromatic rings. The summed E-state index contributed by atoms with van der Waals surface area (Å²) < 4.78 is 33.1. The molecule has 0 radical (unpaired) electrons. The highest BCUT2D eigenvalue weighted by Crippen LogP contribution is 2.38. The first kappa shape index (κ1) is 11.1. The molecule has 2 aliphatic rings. The van der Waals surface area contributed by atoms with Crippen LogP contribution in [0.5, 0.6) is 0 Å². The van der Waals surface area contributed by atoms with Crippen molar-refractivity contribution in [3.63, 3.8) is 0 Å². The lowest BCUT2D eigenvalue weighted by molar-refractivity contribution is -0.0522. The van der Waals surface area contributed by atoms with Crippen LogP contribution < -0.4 is 5.32 Å². The number of rotatable bonds is 2. The van der Waals surface area contributed by atoms with Crippen LogP contribution in [0, 0.1) is 17.6 Å². The minimum Gasteiger partial charge on any atom is -0.367 e. The van der Waals surface area contributed by atoms with Gasteiger partial charge in [0.25, 0.3) is 0 Å². The van der Waals surface area contributed by atoms with E-state index in [1.807, 2.05) is 0 Å². The Morgan fingerprint density at radius 1 is 1.12 bits per heavy atom. The molecule has 1 heterocycles. The van der Waals surface area contributed by atoms with Gasteiger partial charge < -0.3 is 10.1 Å². The van der Waals surface area contributed by atoms with Crippen LogP contribution in [0.3, 0.4) is 0 Å². The highest BCUT2D eigenvalue weighted by molar-refractivity contribution is 5.23. The maximum atomic E-state index is 13.6. The van der Waals surface area contributed by atoms with E-state index in [1.165, 1.54) is 31.0 Å². The molecule has 92 valence electrons. The van der Waals surface area contributed by atoms with Crippen molar-refractivity contribution in [2.45, 2.75) is 25.0 Å². The molecule has 0 aromatic heterocycles. The Balaban J connectivity index is 1.82. The monoisotopic (exact) mass is 239 g/mol. The quantitative estimate of drug-likeness (QED) is 0.855. The van der Waals surface area contributed by atoms with Gasteiger partial charge in [-0.1, -0.05) is 6.07 Å².